The summed E-state index contributed by atoms with van der Waals surface area (Å²) in [5.74, 6) is -0.800. The molecule has 1 aromatic rings. The molecule has 1 aromatic heterocycles. The number of carboxylic acids is 1. The van der Waals surface area contributed by atoms with E-state index >= 15 is 0 Å². The zero-order chi connectivity index (χ0) is 16.6. The Bertz CT molecular complexity index is 607. The topological polar surface area (TPSA) is 70.5 Å². The number of aromatic nitrogens is 1. The van der Waals surface area contributed by atoms with Crippen LogP contribution in [0.25, 0.3) is 0 Å². The van der Waals surface area contributed by atoms with Gasteiger partial charge >= 0.3 is 5.97 Å². The molecule has 1 saturated carbocycles. The molecule has 1 N–H and O–H groups in total. The lowest BCUT2D eigenvalue weighted by Gasteiger charge is -2.37. The first-order chi connectivity index (χ1) is 11.0. The van der Waals surface area contributed by atoms with E-state index in [9.17, 15) is 14.7 Å². The quantitative estimate of drug-likeness (QED) is 0.918. The van der Waals surface area contributed by atoms with Crippen LogP contribution in [0.2, 0.25) is 0 Å². The maximum absolute atomic E-state index is 12.9. The van der Waals surface area contributed by atoms with Crippen LogP contribution in [0.15, 0.2) is 0 Å². The fourth-order valence-electron chi connectivity index (χ4n) is 3.85. The average Bonchev–Trinajstić information content (AvgIpc) is 3.15. The molecule has 2 atom stereocenters. The highest BCUT2D eigenvalue weighted by Gasteiger charge is 2.37. The Labute approximate surface area is 140 Å². The van der Waals surface area contributed by atoms with Crippen LogP contribution in [-0.4, -0.2) is 39.5 Å². The van der Waals surface area contributed by atoms with Crippen LogP contribution in [0.5, 0.6) is 0 Å². The lowest BCUT2D eigenvalue weighted by molar-refractivity contribution is -0.144. The van der Waals surface area contributed by atoms with E-state index in [1.165, 1.54) is 37.0 Å². The van der Waals surface area contributed by atoms with Crippen LogP contribution < -0.4 is 0 Å². The van der Waals surface area contributed by atoms with Crippen molar-refractivity contribution in [2.75, 3.05) is 6.54 Å². The fourth-order valence-corrected chi connectivity index (χ4v) is 5.05. The maximum atomic E-state index is 12.9. The number of likely N-dealkylation sites (tertiary alicyclic amines) is 1. The van der Waals surface area contributed by atoms with E-state index in [1.54, 1.807) is 4.90 Å². The minimum Gasteiger partial charge on any atom is -0.481 e. The number of thiazole rings is 1. The first kappa shape index (κ1) is 16.4. The molecular formula is C17H24N2O3S. The second-order valence-corrected chi connectivity index (χ2v) is 7.80. The number of nitrogens with zero attached hydrogens (tertiary/aromatic N) is 2. The van der Waals surface area contributed by atoms with E-state index in [-0.39, 0.29) is 11.9 Å². The smallest absolute Gasteiger partial charge is 0.308 e. The Morgan fingerprint density at radius 3 is 2.57 bits per heavy atom. The summed E-state index contributed by atoms with van der Waals surface area (Å²) in [6.07, 6.45) is 6.23. The van der Waals surface area contributed by atoms with Gasteiger partial charge in [-0.15, -0.1) is 11.3 Å². The summed E-state index contributed by atoms with van der Waals surface area (Å²) in [7, 11) is 0. The first-order valence-electron chi connectivity index (χ1n) is 8.50. The van der Waals surface area contributed by atoms with Crippen molar-refractivity contribution >= 4 is 23.2 Å². The Hall–Kier alpha value is -1.43. The molecule has 0 unspecified atom stereocenters. The van der Waals surface area contributed by atoms with E-state index in [1.807, 2.05) is 13.8 Å². The predicted octanol–water partition coefficient (Wildman–Crippen LogP) is 3.43. The van der Waals surface area contributed by atoms with E-state index < -0.39 is 11.9 Å². The SMILES string of the molecule is Cc1nc(C2CCCC2)sc1C(=O)N1CCC[C@@H](C(=O)O)[C@H]1C. The van der Waals surface area contributed by atoms with Crippen LogP contribution in [0.1, 0.15) is 71.7 Å². The molecule has 0 spiro atoms. The highest BCUT2D eigenvalue weighted by Crippen LogP contribution is 2.38. The lowest BCUT2D eigenvalue weighted by atomic mass is 9.90. The Kier molecular flexibility index (Phi) is 4.71. The molecular weight excluding hydrogens is 312 g/mol. The second kappa shape index (κ2) is 6.59. The third-order valence-electron chi connectivity index (χ3n) is 5.28. The van der Waals surface area contributed by atoms with Gasteiger partial charge in [-0.05, 0) is 39.5 Å². The third kappa shape index (κ3) is 3.13. The number of hydrogen-bond donors (Lipinski definition) is 1. The summed E-state index contributed by atoms with van der Waals surface area (Å²) < 4.78 is 0. The van der Waals surface area contributed by atoms with E-state index in [0.717, 1.165) is 17.1 Å². The van der Waals surface area contributed by atoms with Crippen molar-refractivity contribution in [3.63, 3.8) is 0 Å². The van der Waals surface area contributed by atoms with Crippen LogP contribution >= 0.6 is 11.3 Å². The number of carbonyl (C=O) groups excluding carboxylic acids is 1. The summed E-state index contributed by atoms with van der Waals surface area (Å²) in [4.78, 5) is 31.4. The number of carboxylic acid groups (broad SMARTS) is 1. The van der Waals surface area contributed by atoms with Crippen molar-refractivity contribution in [2.24, 2.45) is 5.92 Å². The molecule has 1 saturated heterocycles. The van der Waals surface area contributed by atoms with Gasteiger partial charge in [0.2, 0.25) is 0 Å². The summed E-state index contributed by atoms with van der Waals surface area (Å²) >= 11 is 1.52. The monoisotopic (exact) mass is 336 g/mol. The van der Waals surface area contributed by atoms with Crippen molar-refractivity contribution in [3.8, 4) is 0 Å². The minimum absolute atomic E-state index is 0.0392. The molecule has 1 amide bonds. The molecule has 0 bridgehead atoms. The van der Waals surface area contributed by atoms with Crippen LogP contribution in [0.4, 0.5) is 0 Å². The van der Waals surface area contributed by atoms with Crippen LogP contribution in [0, 0.1) is 12.8 Å². The average molecular weight is 336 g/mol. The predicted molar refractivity (Wildman–Crippen MR) is 88.9 cm³/mol. The number of piperidine rings is 1. The normalized spacial score (nSPS) is 25.7. The Morgan fingerprint density at radius 1 is 1.22 bits per heavy atom. The zero-order valence-corrected chi connectivity index (χ0v) is 14.6. The van der Waals surface area contributed by atoms with Crippen molar-refractivity contribution in [3.05, 3.63) is 15.6 Å². The van der Waals surface area contributed by atoms with E-state index in [2.05, 4.69) is 4.98 Å². The fraction of sp³-hybridized carbons (Fsp3) is 0.706. The largest absolute Gasteiger partial charge is 0.481 e. The number of hydrogen-bond acceptors (Lipinski definition) is 4. The number of carbonyl (C=O) groups is 2. The van der Waals surface area contributed by atoms with Gasteiger partial charge in [0.1, 0.15) is 4.88 Å². The van der Waals surface area contributed by atoms with Gasteiger partial charge in [0, 0.05) is 18.5 Å². The molecule has 0 radical (unpaired) electrons. The molecule has 3 rings (SSSR count). The van der Waals surface area contributed by atoms with Gasteiger partial charge < -0.3 is 10.0 Å². The number of rotatable bonds is 3. The van der Waals surface area contributed by atoms with Crippen molar-refractivity contribution in [1.82, 2.24) is 9.88 Å². The molecule has 0 aromatic carbocycles. The minimum atomic E-state index is -0.803. The molecule has 6 heteroatoms. The molecule has 1 aliphatic carbocycles. The van der Waals surface area contributed by atoms with Gasteiger partial charge in [-0.25, -0.2) is 4.98 Å². The Morgan fingerprint density at radius 2 is 1.91 bits per heavy atom. The zero-order valence-electron chi connectivity index (χ0n) is 13.7. The summed E-state index contributed by atoms with van der Waals surface area (Å²) in [6.45, 7) is 4.38. The lowest BCUT2D eigenvalue weighted by Crippen LogP contribution is -2.49. The molecule has 126 valence electrons. The van der Waals surface area contributed by atoms with Gasteiger partial charge in [0.15, 0.2) is 0 Å². The summed E-state index contributed by atoms with van der Waals surface area (Å²) in [5, 5.41) is 10.4. The van der Waals surface area contributed by atoms with Crippen LogP contribution in [-0.2, 0) is 4.79 Å². The molecule has 2 fully saturated rings. The van der Waals surface area contributed by atoms with Crippen molar-refractivity contribution < 1.29 is 14.7 Å². The second-order valence-electron chi connectivity index (χ2n) is 6.77. The third-order valence-corrected chi connectivity index (χ3v) is 6.59. The van der Waals surface area contributed by atoms with Gasteiger partial charge in [0.05, 0.1) is 16.6 Å². The maximum Gasteiger partial charge on any atom is 0.308 e. The molecule has 23 heavy (non-hydrogen) atoms. The highest BCUT2D eigenvalue weighted by atomic mass is 32.1. The van der Waals surface area contributed by atoms with Gasteiger partial charge in [0.25, 0.3) is 5.91 Å². The molecule has 2 heterocycles. The van der Waals surface area contributed by atoms with Crippen molar-refractivity contribution in [1.29, 1.82) is 0 Å². The van der Waals surface area contributed by atoms with Crippen molar-refractivity contribution in [2.45, 2.75) is 64.3 Å². The number of amides is 1. The van der Waals surface area contributed by atoms with Crippen LogP contribution in [0.3, 0.4) is 0 Å². The standard InChI is InChI=1S/C17H24N2O3S/c1-10-14(23-15(18-10)12-6-3-4-7-12)16(20)19-9-5-8-13(11(19)2)17(21)22/h11-13H,3-9H2,1-2H3,(H,21,22)/t11-,13-/m1/s1. The highest BCUT2D eigenvalue weighted by molar-refractivity contribution is 7.13. The Balaban J connectivity index is 1.80. The molecule has 2 aliphatic rings. The first-order valence-corrected chi connectivity index (χ1v) is 9.31. The van der Waals surface area contributed by atoms with E-state index in [0.29, 0.717) is 23.8 Å². The molecule has 1 aliphatic heterocycles. The van der Waals surface area contributed by atoms with Gasteiger partial charge in [-0.3, -0.25) is 9.59 Å². The number of aliphatic carboxylic acids is 1. The van der Waals surface area contributed by atoms with Gasteiger partial charge in [-0.2, -0.15) is 0 Å². The molecule has 5 nitrogen and oxygen atoms in total. The summed E-state index contributed by atoms with van der Waals surface area (Å²) in [6, 6.07) is -0.259. The summed E-state index contributed by atoms with van der Waals surface area (Å²) in [5.41, 5.74) is 0.798. The number of aryl methyl sites for hydroxylation is 1. The van der Waals surface area contributed by atoms with E-state index in [4.69, 9.17) is 0 Å². The van der Waals surface area contributed by atoms with Gasteiger partial charge in [-0.1, -0.05) is 12.8 Å².